The Morgan fingerprint density at radius 3 is 2.44 bits per heavy atom. The molecule has 0 spiro atoms. The molecule has 0 atom stereocenters. The largest absolute Gasteiger partial charge is 0.341 e. The van der Waals surface area contributed by atoms with Gasteiger partial charge in [-0.1, -0.05) is 37.0 Å². The first-order valence-corrected chi connectivity index (χ1v) is 9.07. The summed E-state index contributed by atoms with van der Waals surface area (Å²) >= 11 is 12.1. The Morgan fingerprint density at radius 1 is 1.12 bits per heavy atom. The number of hydrogen-bond acceptors (Lipinski definition) is 4. The Balaban J connectivity index is 2.28. The zero-order valence-electron chi connectivity index (χ0n) is 14.6. The molecule has 0 saturated heterocycles. The van der Waals surface area contributed by atoms with E-state index in [-0.39, 0.29) is 5.91 Å². The SMILES string of the molecule is CCCN(CCC)c1nc(C)cc(C(=O)Nc2cc(Cl)ccc2Cl)n1. The van der Waals surface area contributed by atoms with Crippen molar-refractivity contribution in [2.75, 3.05) is 23.3 Å². The highest BCUT2D eigenvalue weighted by Gasteiger charge is 2.15. The summed E-state index contributed by atoms with van der Waals surface area (Å²) in [4.78, 5) is 23.6. The fraction of sp³-hybridized carbons (Fsp3) is 0.389. The topological polar surface area (TPSA) is 58.1 Å². The maximum Gasteiger partial charge on any atom is 0.274 e. The molecule has 0 fully saturated rings. The lowest BCUT2D eigenvalue weighted by Gasteiger charge is -2.22. The number of halogens is 2. The van der Waals surface area contributed by atoms with Crippen LogP contribution < -0.4 is 10.2 Å². The van der Waals surface area contributed by atoms with Crippen LogP contribution in [-0.2, 0) is 0 Å². The van der Waals surface area contributed by atoms with E-state index in [0.29, 0.717) is 27.4 Å². The molecule has 1 aromatic heterocycles. The van der Waals surface area contributed by atoms with Crippen LogP contribution in [0.5, 0.6) is 0 Å². The monoisotopic (exact) mass is 380 g/mol. The molecule has 5 nitrogen and oxygen atoms in total. The standard InChI is InChI=1S/C18H22Cl2N4O/c1-4-8-24(9-5-2)18-21-12(3)10-16(23-18)17(25)22-15-11-13(19)6-7-14(15)20/h6-7,10-11H,4-5,8-9H2,1-3H3,(H,22,25). The van der Waals surface area contributed by atoms with Crippen LogP contribution in [0.3, 0.4) is 0 Å². The number of nitrogens with one attached hydrogen (secondary N) is 1. The summed E-state index contributed by atoms with van der Waals surface area (Å²) in [6, 6.07) is 6.57. The van der Waals surface area contributed by atoms with E-state index in [1.54, 1.807) is 24.3 Å². The molecule has 0 saturated carbocycles. The second-order valence-corrected chi connectivity index (χ2v) is 6.60. The molecule has 1 N–H and O–H groups in total. The zero-order valence-corrected chi connectivity index (χ0v) is 16.2. The number of hydrogen-bond donors (Lipinski definition) is 1. The molecular formula is C18H22Cl2N4O. The number of rotatable bonds is 7. The van der Waals surface area contributed by atoms with Gasteiger partial charge < -0.3 is 10.2 Å². The van der Waals surface area contributed by atoms with Gasteiger partial charge in [-0.15, -0.1) is 0 Å². The lowest BCUT2D eigenvalue weighted by atomic mass is 10.2. The van der Waals surface area contributed by atoms with E-state index in [4.69, 9.17) is 23.2 Å². The van der Waals surface area contributed by atoms with Crippen LogP contribution in [0, 0.1) is 6.92 Å². The van der Waals surface area contributed by atoms with Gasteiger partial charge in [-0.05, 0) is 44.0 Å². The Kier molecular flexibility index (Phi) is 7.02. The Hall–Kier alpha value is -1.85. The normalized spacial score (nSPS) is 10.6. The summed E-state index contributed by atoms with van der Waals surface area (Å²) < 4.78 is 0. The van der Waals surface area contributed by atoms with Crippen molar-refractivity contribution in [3.8, 4) is 0 Å². The maximum atomic E-state index is 12.6. The van der Waals surface area contributed by atoms with Crippen LogP contribution in [0.2, 0.25) is 10.0 Å². The van der Waals surface area contributed by atoms with Crippen molar-refractivity contribution >= 4 is 40.7 Å². The molecule has 1 amide bonds. The van der Waals surface area contributed by atoms with E-state index in [1.165, 1.54) is 0 Å². The van der Waals surface area contributed by atoms with E-state index in [1.807, 2.05) is 6.92 Å². The number of amides is 1. The maximum absolute atomic E-state index is 12.6. The van der Waals surface area contributed by atoms with E-state index >= 15 is 0 Å². The van der Waals surface area contributed by atoms with Gasteiger partial charge in [-0.25, -0.2) is 9.97 Å². The van der Waals surface area contributed by atoms with Crippen molar-refractivity contribution in [3.63, 3.8) is 0 Å². The Morgan fingerprint density at radius 2 is 1.80 bits per heavy atom. The van der Waals surface area contributed by atoms with Gasteiger partial charge in [0.2, 0.25) is 5.95 Å². The van der Waals surface area contributed by atoms with Crippen molar-refractivity contribution in [1.82, 2.24) is 9.97 Å². The second kappa shape index (κ2) is 9.02. The quantitative estimate of drug-likeness (QED) is 0.736. The van der Waals surface area contributed by atoms with Gasteiger partial charge >= 0.3 is 0 Å². The minimum Gasteiger partial charge on any atom is -0.341 e. The minimum atomic E-state index is -0.344. The average Bonchev–Trinajstić information content (AvgIpc) is 2.57. The number of benzene rings is 1. The molecule has 0 unspecified atom stereocenters. The third-order valence-electron chi connectivity index (χ3n) is 3.52. The predicted molar refractivity (Wildman–Crippen MR) is 104 cm³/mol. The number of anilines is 2. The van der Waals surface area contributed by atoms with Gasteiger partial charge in [0.15, 0.2) is 0 Å². The molecule has 0 radical (unpaired) electrons. The third kappa shape index (κ3) is 5.31. The lowest BCUT2D eigenvalue weighted by Crippen LogP contribution is -2.28. The van der Waals surface area contributed by atoms with Crippen molar-refractivity contribution in [1.29, 1.82) is 0 Å². The number of aryl methyl sites for hydroxylation is 1. The first kappa shape index (κ1) is 19.5. The molecule has 134 valence electrons. The lowest BCUT2D eigenvalue weighted by molar-refractivity contribution is 0.102. The van der Waals surface area contributed by atoms with Crippen molar-refractivity contribution < 1.29 is 4.79 Å². The van der Waals surface area contributed by atoms with Gasteiger partial charge in [0.25, 0.3) is 5.91 Å². The fourth-order valence-electron chi connectivity index (χ4n) is 2.44. The van der Waals surface area contributed by atoms with Gasteiger partial charge in [0.1, 0.15) is 5.69 Å². The van der Waals surface area contributed by atoms with Gasteiger partial charge in [-0.3, -0.25) is 4.79 Å². The number of carbonyl (C=O) groups excluding carboxylic acids is 1. The second-order valence-electron chi connectivity index (χ2n) is 5.76. The molecule has 0 aliphatic rings. The summed E-state index contributed by atoms with van der Waals surface area (Å²) in [5.41, 5.74) is 1.50. The summed E-state index contributed by atoms with van der Waals surface area (Å²) in [7, 11) is 0. The smallest absolute Gasteiger partial charge is 0.274 e. The highest BCUT2D eigenvalue weighted by atomic mass is 35.5. The van der Waals surface area contributed by atoms with Gasteiger partial charge in [0.05, 0.1) is 10.7 Å². The zero-order chi connectivity index (χ0) is 18.4. The van der Waals surface area contributed by atoms with Crippen LogP contribution in [0.25, 0.3) is 0 Å². The summed E-state index contributed by atoms with van der Waals surface area (Å²) in [6.07, 6.45) is 1.97. The Labute approximate surface area is 158 Å². The highest BCUT2D eigenvalue weighted by Crippen LogP contribution is 2.26. The predicted octanol–water partition coefficient (Wildman–Crippen LogP) is 4.97. The van der Waals surface area contributed by atoms with E-state index in [2.05, 4.69) is 34.0 Å². The molecule has 2 aromatic rings. The van der Waals surface area contributed by atoms with Crippen LogP contribution in [-0.4, -0.2) is 29.0 Å². The van der Waals surface area contributed by atoms with Crippen LogP contribution in [0.1, 0.15) is 42.9 Å². The van der Waals surface area contributed by atoms with E-state index in [9.17, 15) is 4.79 Å². The fourth-order valence-corrected chi connectivity index (χ4v) is 2.78. The first-order valence-electron chi connectivity index (χ1n) is 8.31. The minimum absolute atomic E-state index is 0.302. The van der Waals surface area contributed by atoms with Crippen molar-refractivity contribution in [2.45, 2.75) is 33.6 Å². The van der Waals surface area contributed by atoms with Crippen LogP contribution in [0.4, 0.5) is 11.6 Å². The summed E-state index contributed by atoms with van der Waals surface area (Å²) in [5.74, 6) is 0.231. The molecule has 0 aliphatic heterocycles. The number of carbonyl (C=O) groups is 1. The molecule has 25 heavy (non-hydrogen) atoms. The van der Waals surface area contributed by atoms with Gasteiger partial charge in [-0.2, -0.15) is 0 Å². The highest BCUT2D eigenvalue weighted by molar-refractivity contribution is 6.35. The van der Waals surface area contributed by atoms with Crippen molar-refractivity contribution in [3.05, 3.63) is 45.7 Å². The Bertz CT molecular complexity index is 746. The van der Waals surface area contributed by atoms with E-state index in [0.717, 1.165) is 31.6 Å². The molecule has 0 bridgehead atoms. The van der Waals surface area contributed by atoms with Crippen LogP contribution >= 0.6 is 23.2 Å². The molecule has 2 rings (SSSR count). The third-order valence-corrected chi connectivity index (χ3v) is 4.09. The molecule has 1 heterocycles. The summed E-state index contributed by atoms with van der Waals surface area (Å²) in [5, 5.41) is 3.68. The molecule has 0 aliphatic carbocycles. The molecular weight excluding hydrogens is 359 g/mol. The first-order chi connectivity index (χ1) is 11.9. The van der Waals surface area contributed by atoms with E-state index < -0.39 is 0 Å². The number of nitrogens with zero attached hydrogens (tertiary/aromatic N) is 3. The summed E-state index contributed by atoms with van der Waals surface area (Å²) in [6.45, 7) is 7.75. The van der Waals surface area contributed by atoms with Gasteiger partial charge in [0, 0.05) is 23.8 Å². The van der Waals surface area contributed by atoms with Crippen molar-refractivity contribution in [2.24, 2.45) is 0 Å². The molecule has 1 aromatic carbocycles. The number of aromatic nitrogens is 2. The molecule has 7 heteroatoms. The van der Waals surface area contributed by atoms with Crippen LogP contribution in [0.15, 0.2) is 24.3 Å². The average molecular weight is 381 g/mol.